The Kier molecular flexibility index (Phi) is 5.33. The number of carbonyl (C=O) groups excluding carboxylic acids is 1. The fourth-order valence-electron chi connectivity index (χ4n) is 3.28. The number of carbonyl (C=O) groups is 1. The molecule has 0 atom stereocenters. The summed E-state index contributed by atoms with van der Waals surface area (Å²) < 4.78 is 1.58. The summed E-state index contributed by atoms with van der Waals surface area (Å²) in [6.07, 6.45) is 1.60. The number of fused-ring (bicyclic) bond motifs is 1. The van der Waals surface area contributed by atoms with E-state index in [0.717, 1.165) is 33.4 Å². The number of nitrogens with two attached hydrogens (primary N) is 1. The van der Waals surface area contributed by atoms with Crippen molar-refractivity contribution in [2.24, 2.45) is 0 Å². The largest absolute Gasteiger partial charge is 0.384 e. The first-order valence-corrected chi connectivity index (χ1v) is 9.73. The number of amides is 1. The van der Waals surface area contributed by atoms with Crippen molar-refractivity contribution in [2.75, 3.05) is 5.73 Å². The third-order valence-corrected chi connectivity index (χ3v) is 5.04. The number of halogens is 1. The quantitative estimate of drug-likeness (QED) is 0.512. The highest BCUT2D eigenvalue weighted by molar-refractivity contribution is 6.31. The normalized spacial score (nSPS) is 11.0. The molecule has 3 aromatic heterocycles. The molecule has 8 nitrogen and oxygen atoms in total. The Balaban J connectivity index is 1.44. The van der Waals surface area contributed by atoms with Crippen LogP contribution >= 0.6 is 11.6 Å². The molecule has 4 rings (SSSR count). The van der Waals surface area contributed by atoms with Gasteiger partial charge in [-0.3, -0.25) is 9.78 Å². The maximum absolute atomic E-state index is 12.5. The molecule has 0 bridgehead atoms. The first-order valence-electron chi connectivity index (χ1n) is 9.35. The maximum Gasteiger partial charge on any atom is 0.273 e. The zero-order valence-corrected chi connectivity index (χ0v) is 17.3. The van der Waals surface area contributed by atoms with E-state index in [4.69, 9.17) is 17.3 Å². The van der Waals surface area contributed by atoms with Crippen molar-refractivity contribution < 1.29 is 4.79 Å². The van der Waals surface area contributed by atoms with Crippen LogP contribution in [0.15, 0.2) is 42.6 Å². The number of nitrogens with zero attached hydrogens (tertiary/aromatic N) is 5. The monoisotopic (exact) mass is 421 g/mol. The highest BCUT2D eigenvalue weighted by atomic mass is 35.5. The van der Waals surface area contributed by atoms with Gasteiger partial charge in [-0.15, -0.1) is 5.10 Å². The summed E-state index contributed by atoms with van der Waals surface area (Å²) in [5, 5.41) is 12.5. The number of nitrogen functional groups attached to an aromatic ring is 1. The van der Waals surface area contributed by atoms with Gasteiger partial charge in [0.25, 0.3) is 5.91 Å². The number of hydrogen-bond donors (Lipinski definition) is 2. The lowest BCUT2D eigenvalue weighted by atomic mass is 10.1. The summed E-state index contributed by atoms with van der Waals surface area (Å²) in [6, 6.07) is 11.2. The molecule has 152 valence electrons. The summed E-state index contributed by atoms with van der Waals surface area (Å²) in [4.78, 5) is 21.3. The predicted octanol–water partition coefficient (Wildman–Crippen LogP) is 3.05. The van der Waals surface area contributed by atoms with Gasteiger partial charge in [-0.05, 0) is 49.2 Å². The molecule has 0 aliphatic heterocycles. The van der Waals surface area contributed by atoms with Crippen molar-refractivity contribution in [3.63, 3.8) is 0 Å². The number of aromatic nitrogens is 5. The Hall–Kier alpha value is -3.52. The van der Waals surface area contributed by atoms with Gasteiger partial charge >= 0.3 is 0 Å². The molecule has 0 saturated heterocycles. The van der Waals surface area contributed by atoms with Gasteiger partial charge in [-0.25, -0.2) is 9.67 Å². The number of pyridine rings is 2. The molecular weight excluding hydrogens is 402 g/mol. The zero-order valence-electron chi connectivity index (χ0n) is 16.6. The highest BCUT2D eigenvalue weighted by Crippen LogP contribution is 2.18. The van der Waals surface area contributed by atoms with E-state index in [1.807, 2.05) is 44.2 Å². The Bertz CT molecular complexity index is 1230. The molecule has 9 heteroatoms. The number of benzene rings is 1. The second kappa shape index (κ2) is 8.08. The van der Waals surface area contributed by atoms with Crippen LogP contribution in [-0.2, 0) is 13.1 Å². The fraction of sp³-hybridized carbons (Fsp3) is 0.190. The van der Waals surface area contributed by atoms with Gasteiger partial charge in [0.2, 0.25) is 0 Å². The van der Waals surface area contributed by atoms with Crippen LogP contribution < -0.4 is 11.1 Å². The van der Waals surface area contributed by atoms with Gasteiger partial charge < -0.3 is 11.1 Å². The van der Waals surface area contributed by atoms with Crippen LogP contribution in [0.25, 0.3) is 10.9 Å². The van der Waals surface area contributed by atoms with E-state index >= 15 is 0 Å². The Morgan fingerprint density at radius 3 is 2.77 bits per heavy atom. The van der Waals surface area contributed by atoms with Crippen molar-refractivity contribution in [3.05, 3.63) is 75.8 Å². The molecule has 0 unspecified atom stereocenters. The molecule has 0 aliphatic carbocycles. The van der Waals surface area contributed by atoms with Crippen LogP contribution in [0.4, 0.5) is 5.82 Å². The number of nitrogens with one attached hydrogen (secondary N) is 1. The number of rotatable bonds is 5. The minimum Gasteiger partial charge on any atom is -0.384 e. The van der Waals surface area contributed by atoms with Crippen LogP contribution in [0.2, 0.25) is 5.02 Å². The van der Waals surface area contributed by atoms with Gasteiger partial charge in [0, 0.05) is 22.6 Å². The SMILES string of the molecule is Cc1cc(N)nc(C)c1CNC(=O)c1cn(Cc2ccc3ccc(Cl)cc3n2)nn1. The molecule has 0 fully saturated rings. The molecule has 1 aromatic carbocycles. The molecule has 0 saturated carbocycles. The molecule has 3 N–H and O–H groups in total. The Morgan fingerprint density at radius 2 is 1.97 bits per heavy atom. The molecule has 0 spiro atoms. The molecule has 1 amide bonds. The average molecular weight is 422 g/mol. The van der Waals surface area contributed by atoms with E-state index < -0.39 is 0 Å². The maximum atomic E-state index is 12.5. The van der Waals surface area contributed by atoms with E-state index in [-0.39, 0.29) is 11.6 Å². The van der Waals surface area contributed by atoms with Crippen molar-refractivity contribution in [3.8, 4) is 0 Å². The molecule has 4 aromatic rings. The Morgan fingerprint density at radius 1 is 1.17 bits per heavy atom. The molecule has 0 radical (unpaired) electrons. The minimum absolute atomic E-state index is 0.234. The number of anilines is 1. The summed E-state index contributed by atoms with van der Waals surface area (Å²) in [6.45, 7) is 4.53. The second-order valence-electron chi connectivity index (χ2n) is 7.05. The van der Waals surface area contributed by atoms with Gasteiger partial charge in [-0.1, -0.05) is 28.9 Å². The lowest BCUT2D eigenvalue weighted by Crippen LogP contribution is -2.24. The van der Waals surface area contributed by atoms with Crippen LogP contribution in [0.3, 0.4) is 0 Å². The average Bonchev–Trinajstić information content (AvgIpc) is 3.15. The predicted molar refractivity (Wildman–Crippen MR) is 115 cm³/mol. The van der Waals surface area contributed by atoms with Crippen LogP contribution in [0, 0.1) is 13.8 Å². The molecule has 0 aliphatic rings. The summed E-state index contributed by atoms with van der Waals surface area (Å²) >= 11 is 6.05. The van der Waals surface area contributed by atoms with E-state index in [1.165, 1.54) is 0 Å². The van der Waals surface area contributed by atoms with Crippen molar-refractivity contribution >= 4 is 34.2 Å². The van der Waals surface area contributed by atoms with Crippen molar-refractivity contribution in [2.45, 2.75) is 26.9 Å². The van der Waals surface area contributed by atoms with Gasteiger partial charge in [-0.2, -0.15) is 0 Å². The standard InChI is InChI=1S/C21H20ClN7O/c1-12-7-20(23)25-13(2)17(12)9-24-21(30)19-11-29(28-27-19)10-16-6-4-14-3-5-15(22)8-18(14)26-16/h3-8,11H,9-10H2,1-2H3,(H2,23,25)(H,24,30). The highest BCUT2D eigenvalue weighted by Gasteiger charge is 2.13. The van der Waals surface area contributed by atoms with Crippen LogP contribution in [0.5, 0.6) is 0 Å². The van der Waals surface area contributed by atoms with E-state index in [2.05, 4.69) is 25.6 Å². The summed E-state index contributed by atoms with van der Waals surface area (Å²) in [7, 11) is 0. The zero-order chi connectivity index (χ0) is 21.3. The molecule has 30 heavy (non-hydrogen) atoms. The smallest absolute Gasteiger partial charge is 0.273 e. The lowest BCUT2D eigenvalue weighted by Gasteiger charge is -2.10. The lowest BCUT2D eigenvalue weighted by molar-refractivity contribution is 0.0945. The third kappa shape index (κ3) is 4.23. The minimum atomic E-state index is -0.310. The van der Waals surface area contributed by atoms with Crippen LogP contribution in [0.1, 0.15) is 33.0 Å². The first kappa shape index (κ1) is 19.8. The molecule has 3 heterocycles. The second-order valence-corrected chi connectivity index (χ2v) is 7.49. The summed E-state index contributed by atoms with van der Waals surface area (Å²) in [5.41, 5.74) is 10.3. The Labute approximate surface area is 178 Å². The molecular formula is C21H20ClN7O. The van der Waals surface area contributed by atoms with Gasteiger partial charge in [0.1, 0.15) is 5.82 Å². The van der Waals surface area contributed by atoms with Gasteiger partial charge in [0.15, 0.2) is 5.69 Å². The topological polar surface area (TPSA) is 112 Å². The van der Waals surface area contributed by atoms with E-state index in [0.29, 0.717) is 23.9 Å². The number of aryl methyl sites for hydroxylation is 2. The van der Waals surface area contributed by atoms with Crippen molar-refractivity contribution in [1.29, 1.82) is 0 Å². The van der Waals surface area contributed by atoms with E-state index in [1.54, 1.807) is 16.9 Å². The number of hydrogen-bond acceptors (Lipinski definition) is 6. The van der Waals surface area contributed by atoms with Crippen molar-refractivity contribution in [1.82, 2.24) is 30.3 Å². The van der Waals surface area contributed by atoms with Crippen LogP contribution in [-0.4, -0.2) is 30.9 Å². The third-order valence-electron chi connectivity index (χ3n) is 4.81. The van der Waals surface area contributed by atoms with E-state index in [9.17, 15) is 4.79 Å². The first-order chi connectivity index (χ1) is 14.4. The fourth-order valence-corrected chi connectivity index (χ4v) is 3.45. The van der Waals surface area contributed by atoms with Gasteiger partial charge in [0.05, 0.1) is 24.0 Å². The summed E-state index contributed by atoms with van der Waals surface area (Å²) in [5.74, 6) is 0.155.